The van der Waals surface area contributed by atoms with Crippen LogP contribution in [0.5, 0.6) is 0 Å². The van der Waals surface area contributed by atoms with Crippen molar-refractivity contribution in [3.05, 3.63) is 59.2 Å². The molecule has 2 aliphatic rings. The lowest BCUT2D eigenvalue weighted by Gasteiger charge is -2.13. The molecular formula is C19H17N3O3. The standard InChI is InChI=1S/C19H17N3O3/c23-17-11-21-19(25)22(17)8-7-20-18(24)13-5-6-16-14(10-13)9-12-3-1-2-4-15(12)16/h1-6,10H,7-9,11H2,(H,20,24)(H,21,25). The Labute approximate surface area is 144 Å². The molecule has 2 aromatic rings. The van der Waals surface area contributed by atoms with Gasteiger partial charge in [0.2, 0.25) is 5.91 Å². The van der Waals surface area contributed by atoms with Gasteiger partial charge in [0.15, 0.2) is 0 Å². The van der Waals surface area contributed by atoms with Crippen molar-refractivity contribution in [2.24, 2.45) is 0 Å². The van der Waals surface area contributed by atoms with Crippen LogP contribution in [0.3, 0.4) is 0 Å². The van der Waals surface area contributed by atoms with Crippen molar-refractivity contribution in [3.8, 4) is 11.1 Å². The van der Waals surface area contributed by atoms with Crippen molar-refractivity contribution < 1.29 is 14.4 Å². The topological polar surface area (TPSA) is 78.5 Å². The molecule has 1 saturated heterocycles. The van der Waals surface area contributed by atoms with Crippen molar-refractivity contribution in [1.29, 1.82) is 0 Å². The molecule has 4 amide bonds. The summed E-state index contributed by atoms with van der Waals surface area (Å²) in [7, 11) is 0. The van der Waals surface area contributed by atoms with Crippen LogP contribution in [0.25, 0.3) is 11.1 Å². The second-order valence-electron chi connectivity index (χ2n) is 6.17. The zero-order valence-electron chi connectivity index (χ0n) is 13.5. The third-order valence-electron chi connectivity index (χ3n) is 4.61. The molecule has 1 aliphatic heterocycles. The van der Waals surface area contributed by atoms with Crippen LogP contribution in [-0.4, -0.2) is 42.4 Å². The minimum absolute atomic E-state index is 0.0260. The molecule has 1 aliphatic carbocycles. The average molecular weight is 335 g/mol. The van der Waals surface area contributed by atoms with Crippen molar-refractivity contribution >= 4 is 17.8 Å². The van der Waals surface area contributed by atoms with Crippen molar-refractivity contribution in [2.45, 2.75) is 6.42 Å². The van der Waals surface area contributed by atoms with Gasteiger partial charge in [-0.15, -0.1) is 0 Å². The zero-order valence-corrected chi connectivity index (χ0v) is 13.5. The van der Waals surface area contributed by atoms with E-state index in [1.165, 1.54) is 16.7 Å². The van der Waals surface area contributed by atoms with Gasteiger partial charge < -0.3 is 10.6 Å². The Morgan fingerprint density at radius 2 is 1.88 bits per heavy atom. The highest BCUT2D eigenvalue weighted by Crippen LogP contribution is 2.36. The second kappa shape index (κ2) is 6.05. The summed E-state index contributed by atoms with van der Waals surface area (Å²) >= 11 is 0. The highest BCUT2D eigenvalue weighted by atomic mass is 16.2. The number of benzene rings is 2. The van der Waals surface area contributed by atoms with E-state index >= 15 is 0 Å². The molecule has 0 aromatic heterocycles. The number of rotatable bonds is 4. The molecule has 2 aromatic carbocycles. The molecule has 0 atom stereocenters. The second-order valence-corrected chi connectivity index (χ2v) is 6.17. The van der Waals surface area contributed by atoms with Crippen LogP contribution in [0.2, 0.25) is 0 Å². The fourth-order valence-electron chi connectivity index (χ4n) is 3.35. The number of hydrogen-bond acceptors (Lipinski definition) is 3. The van der Waals surface area contributed by atoms with Gasteiger partial charge in [0.25, 0.3) is 5.91 Å². The van der Waals surface area contributed by atoms with E-state index in [4.69, 9.17) is 0 Å². The summed E-state index contributed by atoms with van der Waals surface area (Å²) in [6.07, 6.45) is 0.828. The Kier molecular flexibility index (Phi) is 3.72. The first-order valence-electron chi connectivity index (χ1n) is 8.21. The molecule has 0 saturated carbocycles. The predicted molar refractivity (Wildman–Crippen MR) is 92.1 cm³/mol. The molecule has 126 valence electrons. The maximum atomic E-state index is 12.3. The van der Waals surface area contributed by atoms with Gasteiger partial charge in [-0.3, -0.25) is 14.5 Å². The molecule has 25 heavy (non-hydrogen) atoms. The summed E-state index contributed by atoms with van der Waals surface area (Å²) in [6.45, 7) is 0.431. The molecule has 6 nitrogen and oxygen atoms in total. The number of nitrogens with zero attached hydrogens (tertiary/aromatic N) is 1. The number of carbonyl (C=O) groups is 3. The quantitative estimate of drug-likeness (QED) is 0.710. The van der Waals surface area contributed by atoms with Crippen LogP contribution in [0.4, 0.5) is 4.79 Å². The van der Waals surface area contributed by atoms with E-state index in [1.807, 2.05) is 30.3 Å². The van der Waals surface area contributed by atoms with Crippen LogP contribution in [-0.2, 0) is 11.2 Å². The molecular weight excluding hydrogens is 318 g/mol. The number of fused-ring (bicyclic) bond motifs is 3. The normalized spacial score (nSPS) is 15.0. The number of carbonyl (C=O) groups excluding carboxylic acids is 3. The van der Waals surface area contributed by atoms with E-state index in [0.29, 0.717) is 5.56 Å². The van der Waals surface area contributed by atoms with E-state index in [2.05, 4.69) is 22.8 Å². The SMILES string of the molecule is O=C(NCCN1C(=O)CNC1=O)c1ccc2c(c1)Cc1ccccc1-2. The maximum Gasteiger partial charge on any atom is 0.324 e. The van der Waals surface area contributed by atoms with Crippen molar-refractivity contribution in [3.63, 3.8) is 0 Å². The highest BCUT2D eigenvalue weighted by molar-refractivity contribution is 6.02. The van der Waals surface area contributed by atoms with Crippen LogP contribution in [0.15, 0.2) is 42.5 Å². The monoisotopic (exact) mass is 335 g/mol. The molecule has 2 N–H and O–H groups in total. The average Bonchev–Trinajstić information content (AvgIpc) is 3.15. The Balaban J connectivity index is 1.41. The fourth-order valence-corrected chi connectivity index (χ4v) is 3.35. The number of urea groups is 1. The largest absolute Gasteiger partial charge is 0.350 e. The van der Waals surface area contributed by atoms with Crippen molar-refractivity contribution in [2.75, 3.05) is 19.6 Å². The lowest BCUT2D eigenvalue weighted by Crippen LogP contribution is -2.38. The summed E-state index contributed by atoms with van der Waals surface area (Å²) < 4.78 is 0. The van der Waals surface area contributed by atoms with Gasteiger partial charge in [-0.25, -0.2) is 4.79 Å². The van der Waals surface area contributed by atoms with E-state index in [0.717, 1.165) is 16.9 Å². The molecule has 1 heterocycles. The lowest BCUT2D eigenvalue weighted by atomic mass is 10.0. The maximum absolute atomic E-state index is 12.3. The van der Waals surface area contributed by atoms with Crippen LogP contribution in [0, 0.1) is 0 Å². The third-order valence-corrected chi connectivity index (χ3v) is 4.61. The van der Waals surface area contributed by atoms with Gasteiger partial charge in [-0.2, -0.15) is 0 Å². The smallest absolute Gasteiger partial charge is 0.324 e. The number of amides is 4. The first-order chi connectivity index (χ1) is 12.1. The zero-order chi connectivity index (χ0) is 17.4. The summed E-state index contributed by atoms with van der Waals surface area (Å²) in [5, 5.41) is 5.22. The minimum Gasteiger partial charge on any atom is -0.350 e. The van der Waals surface area contributed by atoms with Gasteiger partial charge in [0, 0.05) is 18.7 Å². The third kappa shape index (κ3) is 2.76. The minimum atomic E-state index is -0.408. The Morgan fingerprint density at radius 1 is 1.08 bits per heavy atom. The van der Waals surface area contributed by atoms with E-state index in [1.54, 1.807) is 0 Å². The number of hydrogen-bond donors (Lipinski definition) is 2. The first kappa shape index (κ1) is 15.4. The summed E-state index contributed by atoms with van der Waals surface area (Å²) in [6, 6.07) is 13.5. The lowest BCUT2D eigenvalue weighted by molar-refractivity contribution is -0.124. The fraction of sp³-hybridized carbons (Fsp3) is 0.211. The van der Waals surface area contributed by atoms with Gasteiger partial charge in [-0.05, 0) is 40.8 Å². The molecule has 4 rings (SSSR count). The van der Waals surface area contributed by atoms with Gasteiger partial charge >= 0.3 is 6.03 Å². The summed E-state index contributed by atoms with van der Waals surface area (Å²) in [4.78, 5) is 36.4. The molecule has 1 fully saturated rings. The Morgan fingerprint density at radius 3 is 2.68 bits per heavy atom. The van der Waals surface area contributed by atoms with Crippen LogP contribution in [0.1, 0.15) is 21.5 Å². The van der Waals surface area contributed by atoms with Crippen LogP contribution >= 0.6 is 0 Å². The molecule has 0 spiro atoms. The molecule has 6 heteroatoms. The predicted octanol–water partition coefficient (Wildman–Crippen LogP) is 1.54. The van der Waals surface area contributed by atoms with Crippen LogP contribution < -0.4 is 10.6 Å². The summed E-state index contributed by atoms with van der Waals surface area (Å²) in [5.74, 6) is -0.472. The van der Waals surface area contributed by atoms with E-state index < -0.39 is 6.03 Å². The van der Waals surface area contributed by atoms with E-state index in [-0.39, 0.29) is 31.4 Å². The van der Waals surface area contributed by atoms with E-state index in [9.17, 15) is 14.4 Å². The molecule has 0 bridgehead atoms. The van der Waals surface area contributed by atoms with Gasteiger partial charge in [0.05, 0.1) is 6.54 Å². The summed E-state index contributed by atoms with van der Waals surface area (Å²) in [5.41, 5.74) is 5.40. The Bertz CT molecular complexity index is 875. The number of nitrogens with one attached hydrogen (secondary N) is 2. The van der Waals surface area contributed by atoms with Crippen molar-refractivity contribution in [1.82, 2.24) is 15.5 Å². The number of imide groups is 1. The first-order valence-corrected chi connectivity index (χ1v) is 8.21. The molecule has 0 unspecified atom stereocenters. The van der Waals surface area contributed by atoms with Gasteiger partial charge in [-0.1, -0.05) is 30.3 Å². The molecule has 0 radical (unpaired) electrons. The highest BCUT2D eigenvalue weighted by Gasteiger charge is 2.27. The van der Waals surface area contributed by atoms with Gasteiger partial charge in [0.1, 0.15) is 0 Å². The Hall–Kier alpha value is -3.15.